The minimum atomic E-state index is -4.53. The van der Waals surface area contributed by atoms with Crippen molar-refractivity contribution in [1.29, 1.82) is 0 Å². The van der Waals surface area contributed by atoms with Crippen molar-refractivity contribution in [3.63, 3.8) is 0 Å². The molecule has 3 atom stereocenters. The molecule has 3 aliphatic rings. The van der Waals surface area contributed by atoms with Gasteiger partial charge in [0, 0.05) is 18.1 Å². The Labute approximate surface area is 204 Å². The maximum absolute atomic E-state index is 14.4. The van der Waals surface area contributed by atoms with Crippen LogP contribution in [0.5, 0.6) is 5.75 Å². The Morgan fingerprint density at radius 3 is 2.26 bits per heavy atom. The molecule has 0 aromatic heterocycles. The quantitative estimate of drug-likeness (QED) is 0.482. The lowest BCUT2D eigenvalue weighted by molar-refractivity contribution is -0.144. The predicted molar refractivity (Wildman–Crippen MR) is 128 cm³/mol. The summed E-state index contributed by atoms with van der Waals surface area (Å²) in [4.78, 5) is 13.9. The molecule has 2 bridgehead atoms. The molecule has 1 N–H and O–H groups in total. The number of ether oxygens (including phenoxy) is 1. The number of alkyl halides is 3. The van der Waals surface area contributed by atoms with Crippen LogP contribution < -0.4 is 4.74 Å². The van der Waals surface area contributed by atoms with Crippen LogP contribution in [0.25, 0.3) is 10.8 Å². The fraction of sp³-hybridized carbons (Fsp3) is 0.607. The van der Waals surface area contributed by atoms with Gasteiger partial charge >= 0.3 is 12.1 Å². The second kappa shape index (κ2) is 9.30. The number of benzene rings is 2. The molecule has 2 saturated heterocycles. The van der Waals surface area contributed by atoms with Crippen molar-refractivity contribution < 1.29 is 27.8 Å². The number of aliphatic carboxylic acids is 1. The molecule has 4 nitrogen and oxygen atoms in total. The van der Waals surface area contributed by atoms with Crippen LogP contribution in [0.2, 0.25) is 0 Å². The van der Waals surface area contributed by atoms with Gasteiger partial charge in [0.25, 0.3) is 0 Å². The van der Waals surface area contributed by atoms with Gasteiger partial charge in [-0.25, -0.2) is 0 Å². The summed E-state index contributed by atoms with van der Waals surface area (Å²) >= 11 is 0. The summed E-state index contributed by atoms with van der Waals surface area (Å²) in [5, 5.41) is 10.2. The standard InChI is InChI=1S/C28H34F3NO3/c1-16-3-10-23(11-4-16)35-25-12-7-18-5-6-19(15-24(18)26(25)28(29,30)31)17(2)32-21-8-9-22(32)14-20(13-21)27(33)34/h5-7,12,15-17,20-23H,3-4,8-11,13-14H2,1-2H3,(H,33,34)/t16?,17-,20?,21?,22?,23?/m1/s1. The van der Waals surface area contributed by atoms with E-state index in [9.17, 15) is 23.1 Å². The molecule has 2 unspecified atom stereocenters. The number of hydrogen-bond donors (Lipinski definition) is 1. The smallest absolute Gasteiger partial charge is 0.420 e. The zero-order valence-electron chi connectivity index (χ0n) is 20.4. The highest BCUT2D eigenvalue weighted by atomic mass is 19.4. The first-order valence-corrected chi connectivity index (χ1v) is 12.9. The number of carboxylic acid groups (broad SMARTS) is 1. The molecule has 2 heterocycles. The Morgan fingerprint density at radius 2 is 1.66 bits per heavy atom. The number of fused-ring (bicyclic) bond motifs is 3. The Kier molecular flexibility index (Phi) is 6.49. The highest BCUT2D eigenvalue weighted by molar-refractivity contribution is 5.89. The molecule has 7 heteroatoms. The third kappa shape index (κ3) is 4.76. The molecule has 0 spiro atoms. The zero-order valence-corrected chi connectivity index (χ0v) is 20.4. The predicted octanol–water partition coefficient (Wildman–Crippen LogP) is 7.20. The van der Waals surface area contributed by atoms with Crippen LogP contribution in [-0.4, -0.2) is 34.2 Å². The minimum Gasteiger partial charge on any atom is -0.490 e. The molecule has 0 radical (unpaired) electrons. The van der Waals surface area contributed by atoms with Crippen molar-refractivity contribution in [2.75, 3.05) is 0 Å². The lowest BCUT2D eigenvalue weighted by Crippen LogP contribution is -2.45. The second-order valence-electron chi connectivity index (χ2n) is 10.9. The van der Waals surface area contributed by atoms with E-state index in [1.54, 1.807) is 18.2 Å². The molecule has 35 heavy (non-hydrogen) atoms. The average molecular weight is 490 g/mol. The van der Waals surface area contributed by atoms with E-state index in [4.69, 9.17) is 4.74 Å². The van der Waals surface area contributed by atoms with Gasteiger partial charge in [-0.15, -0.1) is 0 Å². The van der Waals surface area contributed by atoms with E-state index in [-0.39, 0.29) is 41.3 Å². The van der Waals surface area contributed by atoms with E-state index in [0.717, 1.165) is 44.1 Å². The minimum absolute atomic E-state index is 0.0725. The van der Waals surface area contributed by atoms with Crippen LogP contribution in [0.1, 0.15) is 82.4 Å². The van der Waals surface area contributed by atoms with E-state index in [1.165, 1.54) is 6.07 Å². The molecule has 2 aliphatic heterocycles. The first-order valence-electron chi connectivity index (χ1n) is 12.9. The Bertz CT molecular complexity index is 1080. The van der Waals surface area contributed by atoms with E-state index in [2.05, 4.69) is 11.8 Å². The lowest BCUT2D eigenvalue weighted by Gasteiger charge is -2.41. The number of hydrogen-bond acceptors (Lipinski definition) is 3. The van der Waals surface area contributed by atoms with Crippen LogP contribution in [0.4, 0.5) is 13.2 Å². The van der Waals surface area contributed by atoms with Gasteiger partial charge in [-0.1, -0.05) is 25.1 Å². The molecule has 1 saturated carbocycles. The van der Waals surface area contributed by atoms with E-state index in [0.29, 0.717) is 24.1 Å². The molecule has 190 valence electrons. The molecular formula is C28H34F3NO3. The first-order chi connectivity index (χ1) is 16.6. The SMILES string of the molecule is CC1CCC(Oc2ccc3ccc([C@@H](C)N4C5CCC4CC(C(=O)O)C5)cc3c2C(F)(F)F)CC1. The van der Waals surface area contributed by atoms with Crippen molar-refractivity contribution >= 4 is 16.7 Å². The lowest BCUT2D eigenvalue weighted by atomic mass is 9.88. The number of carboxylic acids is 1. The summed E-state index contributed by atoms with van der Waals surface area (Å²) in [5.41, 5.74) is 0.146. The van der Waals surface area contributed by atoms with Crippen molar-refractivity contribution in [3.8, 4) is 5.75 Å². The third-order valence-corrected chi connectivity index (χ3v) is 8.62. The molecule has 2 aromatic rings. The monoisotopic (exact) mass is 489 g/mol. The number of rotatable bonds is 5. The van der Waals surface area contributed by atoms with Gasteiger partial charge in [0.05, 0.1) is 12.0 Å². The van der Waals surface area contributed by atoms with E-state index in [1.807, 2.05) is 13.0 Å². The highest BCUT2D eigenvalue weighted by Crippen LogP contribution is 2.46. The average Bonchev–Trinajstić information content (AvgIpc) is 3.07. The topological polar surface area (TPSA) is 49.8 Å². The van der Waals surface area contributed by atoms with Crippen LogP contribution in [-0.2, 0) is 11.0 Å². The number of piperidine rings is 1. The molecular weight excluding hydrogens is 455 g/mol. The summed E-state index contributed by atoms with van der Waals surface area (Å²) in [5.74, 6) is -0.549. The molecule has 5 rings (SSSR count). The highest BCUT2D eigenvalue weighted by Gasteiger charge is 2.45. The van der Waals surface area contributed by atoms with Gasteiger partial charge in [-0.2, -0.15) is 13.2 Å². The Morgan fingerprint density at radius 1 is 1.03 bits per heavy atom. The molecule has 1 aliphatic carbocycles. The Hall–Kier alpha value is -2.28. The van der Waals surface area contributed by atoms with Gasteiger partial charge in [0.15, 0.2) is 0 Å². The van der Waals surface area contributed by atoms with Crippen LogP contribution in [0.3, 0.4) is 0 Å². The van der Waals surface area contributed by atoms with Gasteiger partial charge < -0.3 is 9.84 Å². The second-order valence-corrected chi connectivity index (χ2v) is 10.9. The normalized spacial score (nSPS) is 30.4. The van der Waals surface area contributed by atoms with Crippen molar-refractivity contribution in [2.24, 2.45) is 11.8 Å². The molecule has 2 aromatic carbocycles. The zero-order chi connectivity index (χ0) is 24.9. The van der Waals surface area contributed by atoms with Crippen molar-refractivity contribution in [2.45, 2.75) is 95.6 Å². The Balaban J connectivity index is 1.47. The van der Waals surface area contributed by atoms with Crippen LogP contribution in [0, 0.1) is 11.8 Å². The van der Waals surface area contributed by atoms with Crippen molar-refractivity contribution in [1.82, 2.24) is 4.90 Å². The van der Waals surface area contributed by atoms with Gasteiger partial charge in [-0.05, 0) is 92.7 Å². The molecule has 0 amide bonds. The third-order valence-electron chi connectivity index (χ3n) is 8.62. The van der Waals surface area contributed by atoms with E-state index >= 15 is 0 Å². The van der Waals surface area contributed by atoms with Gasteiger partial charge in [0.1, 0.15) is 11.3 Å². The number of carbonyl (C=O) groups is 1. The first kappa shape index (κ1) is 24.4. The molecule has 3 fully saturated rings. The van der Waals surface area contributed by atoms with Gasteiger partial charge in [-0.3, -0.25) is 9.69 Å². The fourth-order valence-electron chi connectivity index (χ4n) is 6.71. The summed E-state index contributed by atoms with van der Waals surface area (Å²) in [7, 11) is 0. The van der Waals surface area contributed by atoms with Crippen LogP contribution >= 0.6 is 0 Å². The summed E-state index contributed by atoms with van der Waals surface area (Å²) in [6, 6.07) is 8.80. The number of nitrogens with zero attached hydrogens (tertiary/aromatic N) is 1. The fourth-order valence-corrected chi connectivity index (χ4v) is 6.71. The number of halogens is 3. The van der Waals surface area contributed by atoms with Crippen LogP contribution in [0.15, 0.2) is 30.3 Å². The summed E-state index contributed by atoms with van der Waals surface area (Å²) in [6.45, 7) is 4.21. The van der Waals surface area contributed by atoms with E-state index < -0.39 is 17.7 Å². The largest absolute Gasteiger partial charge is 0.490 e. The van der Waals surface area contributed by atoms with Gasteiger partial charge in [0.2, 0.25) is 0 Å². The van der Waals surface area contributed by atoms with Crippen molar-refractivity contribution in [3.05, 3.63) is 41.5 Å². The summed E-state index contributed by atoms with van der Waals surface area (Å²) in [6.07, 6.45) is 1.90. The maximum Gasteiger partial charge on any atom is 0.420 e. The summed E-state index contributed by atoms with van der Waals surface area (Å²) < 4.78 is 49.1. The maximum atomic E-state index is 14.4.